The maximum Gasteiger partial charge on any atom is 0.269 e. The Balaban J connectivity index is 2.16. The van der Waals surface area contributed by atoms with Crippen molar-refractivity contribution in [1.29, 1.82) is 0 Å². The van der Waals surface area contributed by atoms with Crippen LogP contribution in [0.3, 0.4) is 0 Å². The molecule has 0 unspecified atom stereocenters. The molecule has 0 saturated heterocycles. The normalized spacial score (nSPS) is 10.2. The number of nitrogens with one attached hydrogen (secondary N) is 1. The maximum absolute atomic E-state index is 12.0. The highest BCUT2D eigenvalue weighted by Crippen LogP contribution is 2.22. The van der Waals surface area contributed by atoms with Crippen molar-refractivity contribution in [2.45, 2.75) is 6.54 Å². The quantitative estimate of drug-likeness (QED) is 0.836. The number of carbonyl (C=O) groups is 1. The Hall–Kier alpha value is -1.86. The molecule has 0 radical (unpaired) electrons. The molecule has 0 fully saturated rings. The third-order valence-electron chi connectivity index (χ3n) is 2.64. The van der Waals surface area contributed by atoms with Gasteiger partial charge in [0.25, 0.3) is 5.56 Å². The number of amides is 1. The molecule has 2 rings (SSSR count). The molecule has 1 aromatic heterocycles. The van der Waals surface area contributed by atoms with Crippen LogP contribution < -0.4 is 15.6 Å². The number of anilines is 1. The first-order valence-corrected chi connectivity index (χ1v) is 7.03. The topological polar surface area (TPSA) is 73.2 Å². The van der Waals surface area contributed by atoms with Crippen molar-refractivity contribution >= 4 is 39.1 Å². The predicted octanol–water partition coefficient (Wildman–Crippen LogP) is 2.31. The van der Waals surface area contributed by atoms with Gasteiger partial charge in [-0.05, 0) is 28.1 Å². The molecule has 0 aliphatic carbocycles. The van der Waals surface area contributed by atoms with Crippen LogP contribution in [0.15, 0.2) is 39.9 Å². The standard InChI is InChI=1S/C13H11BrClN3O3/c1-21-9-5-3-2-4-8(9)17-10(19)6-18-7-16-12(15)11(14)13(18)20/h2-5,7H,6H2,1H3,(H,17,19). The number of methoxy groups -OCH3 is 1. The minimum absolute atomic E-state index is 0.0568. The van der Waals surface area contributed by atoms with Crippen molar-refractivity contribution in [2.75, 3.05) is 12.4 Å². The average molecular weight is 373 g/mol. The lowest BCUT2D eigenvalue weighted by Crippen LogP contribution is -2.28. The number of benzene rings is 1. The first-order chi connectivity index (χ1) is 10.0. The fourth-order valence-electron chi connectivity index (χ4n) is 1.65. The van der Waals surface area contributed by atoms with E-state index in [1.54, 1.807) is 24.3 Å². The molecule has 0 saturated carbocycles. The lowest BCUT2D eigenvalue weighted by Gasteiger charge is -2.10. The summed E-state index contributed by atoms with van der Waals surface area (Å²) in [7, 11) is 1.51. The summed E-state index contributed by atoms with van der Waals surface area (Å²) < 4.78 is 6.41. The van der Waals surface area contributed by atoms with Crippen molar-refractivity contribution in [3.05, 3.63) is 50.6 Å². The Morgan fingerprint density at radius 1 is 1.48 bits per heavy atom. The molecule has 2 aromatic rings. The van der Waals surface area contributed by atoms with Crippen LogP contribution in [0.4, 0.5) is 5.69 Å². The van der Waals surface area contributed by atoms with Crippen LogP contribution >= 0.6 is 27.5 Å². The Labute approximate surface area is 133 Å². The smallest absolute Gasteiger partial charge is 0.269 e. The summed E-state index contributed by atoms with van der Waals surface area (Å²) in [6.07, 6.45) is 1.22. The second kappa shape index (κ2) is 6.73. The second-order valence-corrected chi connectivity index (χ2v) is 5.18. The van der Waals surface area contributed by atoms with Gasteiger partial charge in [0.1, 0.15) is 16.8 Å². The minimum Gasteiger partial charge on any atom is -0.495 e. The number of hydrogen-bond donors (Lipinski definition) is 1. The van der Waals surface area contributed by atoms with Crippen LogP contribution in [0.2, 0.25) is 5.15 Å². The van der Waals surface area contributed by atoms with E-state index in [1.807, 2.05) is 0 Å². The molecule has 6 nitrogen and oxygen atoms in total. The van der Waals surface area contributed by atoms with E-state index in [4.69, 9.17) is 16.3 Å². The number of para-hydroxylation sites is 2. The molecule has 1 heterocycles. The van der Waals surface area contributed by atoms with E-state index in [2.05, 4.69) is 26.2 Å². The van der Waals surface area contributed by atoms with Gasteiger partial charge < -0.3 is 10.1 Å². The number of nitrogens with zero attached hydrogens (tertiary/aromatic N) is 2. The summed E-state index contributed by atoms with van der Waals surface area (Å²) in [5.74, 6) is 0.159. The largest absolute Gasteiger partial charge is 0.495 e. The van der Waals surface area contributed by atoms with Crippen LogP contribution in [0, 0.1) is 0 Å². The molecular weight excluding hydrogens is 362 g/mol. The highest BCUT2D eigenvalue weighted by molar-refractivity contribution is 9.10. The highest BCUT2D eigenvalue weighted by atomic mass is 79.9. The molecule has 0 atom stereocenters. The van der Waals surface area contributed by atoms with Crippen LogP contribution in [0.5, 0.6) is 5.75 Å². The van der Waals surface area contributed by atoms with Crippen molar-refractivity contribution in [3.63, 3.8) is 0 Å². The van der Waals surface area contributed by atoms with E-state index in [0.717, 1.165) is 4.57 Å². The molecule has 1 N–H and O–H groups in total. The number of aromatic nitrogens is 2. The molecule has 0 bridgehead atoms. The number of halogens is 2. The van der Waals surface area contributed by atoms with E-state index in [-0.39, 0.29) is 22.1 Å². The fraction of sp³-hybridized carbons (Fsp3) is 0.154. The van der Waals surface area contributed by atoms with Gasteiger partial charge in [-0.3, -0.25) is 14.2 Å². The van der Waals surface area contributed by atoms with E-state index in [9.17, 15) is 9.59 Å². The molecule has 21 heavy (non-hydrogen) atoms. The zero-order chi connectivity index (χ0) is 15.4. The zero-order valence-electron chi connectivity index (χ0n) is 11.0. The van der Waals surface area contributed by atoms with E-state index in [0.29, 0.717) is 11.4 Å². The summed E-state index contributed by atoms with van der Waals surface area (Å²) in [6, 6.07) is 6.99. The molecule has 0 aliphatic rings. The van der Waals surface area contributed by atoms with Crippen molar-refractivity contribution in [2.24, 2.45) is 0 Å². The Morgan fingerprint density at radius 2 is 2.19 bits per heavy atom. The number of carbonyl (C=O) groups excluding carboxylic acids is 1. The van der Waals surface area contributed by atoms with Gasteiger partial charge in [0.15, 0.2) is 5.15 Å². The molecule has 0 aliphatic heterocycles. The van der Waals surface area contributed by atoms with E-state index >= 15 is 0 Å². The molecular formula is C13H11BrClN3O3. The summed E-state index contributed by atoms with van der Waals surface area (Å²) in [5.41, 5.74) is 0.101. The fourth-order valence-corrected chi connectivity index (χ4v) is 2.10. The first kappa shape index (κ1) is 15.5. The maximum atomic E-state index is 12.0. The Kier molecular flexibility index (Phi) is 4.98. The van der Waals surface area contributed by atoms with Crippen molar-refractivity contribution in [3.8, 4) is 5.75 Å². The number of hydrogen-bond acceptors (Lipinski definition) is 4. The van der Waals surface area contributed by atoms with E-state index in [1.165, 1.54) is 13.4 Å². The molecule has 1 amide bonds. The molecule has 0 spiro atoms. The summed E-state index contributed by atoms with van der Waals surface area (Å²) in [4.78, 5) is 27.7. The van der Waals surface area contributed by atoms with Crippen molar-refractivity contribution < 1.29 is 9.53 Å². The third kappa shape index (κ3) is 3.62. The monoisotopic (exact) mass is 371 g/mol. The Morgan fingerprint density at radius 3 is 2.90 bits per heavy atom. The van der Waals surface area contributed by atoms with Gasteiger partial charge in [-0.15, -0.1) is 0 Å². The van der Waals surface area contributed by atoms with Crippen LogP contribution in [-0.2, 0) is 11.3 Å². The molecule has 110 valence electrons. The zero-order valence-corrected chi connectivity index (χ0v) is 13.3. The number of ether oxygens (including phenoxy) is 1. The average Bonchev–Trinajstić information content (AvgIpc) is 2.48. The van der Waals surface area contributed by atoms with Gasteiger partial charge in [0.2, 0.25) is 5.91 Å². The van der Waals surface area contributed by atoms with Crippen LogP contribution in [0.25, 0.3) is 0 Å². The summed E-state index contributed by atoms with van der Waals surface area (Å²) in [5, 5.41) is 2.73. The Bertz CT molecular complexity index is 733. The van der Waals surface area contributed by atoms with Gasteiger partial charge >= 0.3 is 0 Å². The predicted molar refractivity (Wildman–Crippen MR) is 82.8 cm³/mol. The SMILES string of the molecule is COc1ccccc1NC(=O)Cn1cnc(Cl)c(Br)c1=O. The van der Waals surface area contributed by atoms with Crippen LogP contribution in [0.1, 0.15) is 0 Å². The first-order valence-electron chi connectivity index (χ1n) is 5.86. The third-order valence-corrected chi connectivity index (χ3v) is 3.86. The van der Waals surface area contributed by atoms with Gasteiger partial charge in [-0.2, -0.15) is 0 Å². The minimum atomic E-state index is -0.426. The van der Waals surface area contributed by atoms with Crippen LogP contribution in [-0.4, -0.2) is 22.6 Å². The van der Waals surface area contributed by atoms with Gasteiger partial charge in [-0.1, -0.05) is 23.7 Å². The highest BCUT2D eigenvalue weighted by Gasteiger charge is 2.11. The second-order valence-electron chi connectivity index (χ2n) is 4.03. The number of rotatable bonds is 4. The van der Waals surface area contributed by atoms with Crippen molar-refractivity contribution in [1.82, 2.24) is 9.55 Å². The molecule has 8 heteroatoms. The van der Waals surface area contributed by atoms with Gasteiger partial charge in [0.05, 0.1) is 19.1 Å². The van der Waals surface area contributed by atoms with Gasteiger partial charge in [-0.25, -0.2) is 4.98 Å². The van der Waals surface area contributed by atoms with Gasteiger partial charge in [0, 0.05) is 0 Å². The summed E-state index contributed by atoms with van der Waals surface area (Å²) >= 11 is 8.73. The van der Waals surface area contributed by atoms with E-state index < -0.39 is 5.56 Å². The molecule has 1 aromatic carbocycles. The lowest BCUT2D eigenvalue weighted by atomic mass is 10.3. The lowest BCUT2D eigenvalue weighted by molar-refractivity contribution is -0.116. The summed E-state index contributed by atoms with van der Waals surface area (Å²) in [6.45, 7) is -0.181.